The molecule has 1 aromatic rings. The second kappa shape index (κ2) is 5.64. The topological polar surface area (TPSA) is 34.2 Å². The SMILES string of the molecule is Cc1cc(Cl)nc(Cl)c1NC1CC(C)OC(C)C1. The number of anilines is 1. The number of nitrogens with one attached hydrogen (secondary N) is 1. The van der Waals surface area contributed by atoms with Crippen LogP contribution in [0, 0.1) is 6.92 Å². The molecule has 0 aliphatic carbocycles. The molecule has 1 aliphatic heterocycles. The van der Waals surface area contributed by atoms with Crippen molar-refractivity contribution in [3.8, 4) is 0 Å². The van der Waals surface area contributed by atoms with Crippen molar-refractivity contribution in [3.05, 3.63) is 21.9 Å². The second-order valence-electron chi connectivity index (χ2n) is 5.00. The van der Waals surface area contributed by atoms with E-state index in [0.717, 1.165) is 24.1 Å². The largest absolute Gasteiger partial charge is 0.379 e. The molecule has 0 bridgehead atoms. The van der Waals surface area contributed by atoms with E-state index >= 15 is 0 Å². The summed E-state index contributed by atoms with van der Waals surface area (Å²) < 4.78 is 5.72. The van der Waals surface area contributed by atoms with Gasteiger partial charge in [0.05, 0.1) is 17.9 Å². The second-order valence-corrected chi connectivity index (χ2v) is 5.74. The first kappa shape index (κ1) is 13.9. The molecule has 3 nitrogen and oxygen atoms in total. The molecule has 1 N–H and O–H groups in total. The molecule has 2 rings (SSSR count). The minimum atomic E-state index is 0.269. The van der Waals surface area contributed by atoms with E-state index in [4.69, 9.17) is 27.9 Å². The van der Waals surface area contributed by atoms with Crippen LogP contribution in [0.1, 0.15) is 32.3 Å². The zero-order valence-electron chi connectivity index (χ0n) is 10.8. The van der Waals surface area contributed by atoms with Gasteiger partial charge in [-0.05, 0) is 45.2 Å². The summed E-state index contributed by atoms with van der Waals surface area (Å²) in [6.07, 6.45) is 2.49. The summed E-state index contributed by atoms with van der Waals surface area (Å²) in [7, 11) is 0. The summed E-state index contributed by atoms with van der Waals surface area (Å²) in [5.74, 6) is 0. The highest BCUT2D eigenvalue weighted by molar-refractivity contribution is 6.34. The molecule has 2 unspecified atom stereocenters. The van der Waals surface area contributed by atoms with Gasteiger partial charge in [0.2, 0.25) is 0 Å². The Morgan fingerprint density at radius 2 is 1.89 bits per heavy atom. The Morgan fingerprint density at radius 1 is 1.28 bits per heavy atom. The average molecular weight is 289 g/mol. The Labute approximate surface area is 118 Å². The van der Waals surface area contributed by atoms with Crippen molar-refractivity contribution in [1.29, 1.82) is 0 Å². The number of rotatable bonds is 2. The minimum absolute atomic E-state index is 0.269. The summed E-state index contributed by atoms with van der Waals surface area (Å²) in [5.41, 5.74) is 1.90. The number of hydrogen-bond acceptors (Lipinski definition) is 3. The lowest BCUT2D eigenvalue weighted by molar-refractivity contribution is -0.0337. The molecule has 5 heteroatoms. The Morgan fingerprint density at radius 3 is 2.44 bits per heavy atom. The van der Waals surface area contributed by atoms with Crippen molar-refractivity contribution in [2.24, 2.45) is 0 Å². The minimum Gasteiger partial charge on any atom is -0.379 e. The van der Waals surface area contributed by atoms with E-state index in [2.05, 4.69) is 24.1 Å². The number of nitrogens with zero attached hydrogens (tertiary/aromatic N) is 1. The van der Waals surface area contributed by atoms with Gasteiger partial charge in [-0.15, -0.1) is 0 Å². The normalized spacial score (nSPS) is 28.2. The summed E-state index contributed by atoms with van der Waals surface area (Å²) in [5, 5.41) is 4.34. The zero-order valence-corrected chi connectivity index (χ0v) is 12.3. The standard InChI is InChI=1S/C13H18Cl2N2O/c1-7-4-11(14)17-13(15)12(7)16-10-5-8(2)18-9(3)6-10/h4,8-10,16H,5-6H2,1-3H3. The Bertz CT molecular complexity index is 406. The third-order valence-electron chi connectivity index (χ3n) is 3.19. The zero-order chi connectivity index (χ0) is 13.3. The fraction of sp³-hybridized carbons (Fsp3) is 0.615. The van der Waals surface area contributed by atoms with Crippen LogP contribution in [0.25, 0.3) is 0 Å². The third-order valence-corrected chi connectivity index (χ3v) is 3.65. The van der Waals surface area contributed by atoms with Gasteiger partial charge in [-0.1, -0.05) is 23.2 Å². The van der Waals surface area contributed by atoms with E-state index in [-0.39, 0.29) is 12.2 Å². The van der Waals surface area contributed by atoms with Crippen LogP contribution in [0.3, 0.4) is 0 Å². The lowest BCUT2D eigenvalue weighted by atomic mass is 9.99. The molecule has 0 spiro atoms. The molecular weight excluding hydrogens is 271 g/mol. The highest BCUT2D eigenvalue weighted by Gasteiger charge is 2.25. The van der Waals surface area contributed by atoms with Crippen LogP contribution in [0.15, 0.2) is 6.07 Å². The van der Waals surface area contributed by atoms with E-state index in [1.54, 1.807) is 0 Å². The van der Waals surface area contributed by atoms with Crippen molar-refractivity contribution in [2.45, 2.75) is 51.9 Å². The molecule has 18 heavy (non-hydrogen) atoms. The predicted octanol–water partition coefficient (Wildman–Crippen LogP) is 4.06. The molecule has 1 saturated heterocycles. The van der Waals surface area contributed by atoms with Gasteiger partial charge < -0.3 is 10.1 Å². The van der Waals surface area contributed by atoms with Crippen LogP contribution in [0.4, 0.5) is 5.69 Å². The highest BCUT2D eigenvalue weighted by atomic mass is 35.5. The molecule has 2 atom stereocenters. The first-order valence-electron chi connectivity index (χ1n) is 6.20. The summed E-state index contributed by atoms with van der Waals surface area (Å²) in [4.78, 5) is 4.08. The van der Waals surface area contributed by atoms with Crippen molar-refractivity contribution in [2.75, 3.05) is 5.32 Å². The summed E-state index contributed by atoms with van der Waals surface area (Å²) >= 11 is 12.0. The van der Waals surface area contributed by atoms with Crippen LogP contribution in [0.5, 0.6) is 0 Å². The Hall–Kier alpha value is -0.510. The lowest BCUT2D eigenvalue weighted by Gasteiger charge is -2.33. The quantitative estimate of drug-likeness (QED) is 0.833. The number of aromatic nitrogens is 1. The van der Waals surface area contributed by atoms with Crippen LogP contribution < -0.4 is 5.32 Å². The maximum atomic E-state index is 6.14. The first-order valence-corrected chi connectivity index (χ1v) is 6.96. The number of hydrogen-bond donors (Lipinski definition) is 1. The van der Waals surface area contributed by atoms with Crippen LogP contribution in [-0.4, -0.2) is 23.2 Å². The van der Waals surface area contributed by atoms with Crippen molar-refractivity contribution in [1.82, 2.24) is 4.98 Å². The lowest BCUT2D eigenvalue weighted by Crippen LogP contribution is -2.37. The highest BCUT2D eigenvalue weighted by Crippen LogP contribution is 2.30. The number of halogens is 2. The van der Waals surface area contributed by atoms with Gasteiger partial charge in [0.1, 0.15) is 5.15 Å². The molecule has 0 radical (unpaired) electrons. The average Bonchev–Trinajstić information content (AvgIpc) is 2.22. The molecule has 2 heterocycles. The van der Waals surface area contributed by atoms with E-state index in [1.807, 2.05) is 13.0 Å². The fourth-order valence-electron chi connectivity index (χ4n) is 2.50. The van der Waals surface area contributed by atoms with Gasteiger partial charge >= 0.3 is 0 Å². The monoisotopic (exact) mass is 288 g/mol. The smallest absolute Gasteiger partial charge is 0.154 e. The number of pyridine rings is 1. The molecule has 1 fully saturated rings. The van der Waals surface area contributed by atoms with E-state index in [9.17, 15) is 0 Å². The summed E-state index contributed by atoms with van der Waals surface area (Å²) in [6, 6.07) is 2.19. The van der Waals surface area contributed by atoms with Gasteiger partial charge in [0.25, 0.3) is 0 Å². The number of aryl methyl sites for hydroxylation is 1. The van der Waals surface area contributed by atoms with E-state index in [1.165, 1.54) is 0 Å². The first-order chi connectivity index (χ1) is 8.45. The molecule has 100 valence electrons. The van der Waals surface area contributed by atoms with Gasteiger partial charge in [-0.25, -0.2) is 4.98 Å². The van der Waals surface area contributed by atoms with Crippen molar-refractivity contribution in [3.63, 3.8) is 0 Å². The molecule has 0 aromatic carbocycles. The van der Waals surface area contributed by atoms with E-state index < -0.39 is 0 Å². The maximum Gasteiger partial charge on any atom is 0.154 e. The Balaban J connectivity index is 2.14. The Kier molecular flexibility index (Phi) is 4.36. The van der Waals surface area contributed by atoms with Crippen LogP contribution in [0.2, 0.25) is 10.3 Å². The van der Waals surface area contributed by atoms with Crippen LogP contribution in [-0.2, 0) is 4.74 Å². The van der Waals surface area contributed by atoms with Gasteiger partial charge in [0.15, 0.2) is 5.15 Å². The van der Waals surface area contributed by atoms with Gasteiger partial charge in [-0.3, -0.25) is 0 Å². The van der Waals surface area contributed by atoms with Crippen LogP contribution >= 0.6 is 23.2 Å². The maximum absolute atomic E-state index is 6.14. The fourth-order valence-corrected chi connectivity index (χ4v) is 3.08. The van der Waals surface area contributed by atoms with Crippen molar-refractivity contribution >= 4 is 28.9 Å². The molecular formula is C13H18Cl2N2O. The summed E-state index contributed by atoms with van der Waals surface area (Å²) in [6.45, 7) is 6.17. The van der Waals surface area contributed by atoms with E-state index in [0.29, 0.717) is 16.3 Å². The molecule has 0 saturated carbocycles. The van der Waals surface area contributed by atoms with Crippen molar-refractivity contribution < 1.29 is 4.74 Å². The van der Waals surface area contributed by atoms with Gasteiger partial charge in [-0.2, -0.15) is 0 Å². The predicted molar refractivity (Wildman–Crippen MR) is 75.6 cm³/mol. The third kappa shape index (κ3) is 3.28. The van der Waals surface area contributed by atoms with Gasteiger partial charge in [0, 0.05) is 6.04 Å². The molecule has 0 amide bonds. The molecule has 1 aliphatic rings. The molecule has 1 aromatic heterocycles. The number of ether oxygens (including phenoxy) is 1.